The van der Waals surface area contributed by atoms with Crippen molar-refractivity contribution in [2.45, 2.75) is 25.7 Å². The van der Waals surface area contributed by atoms with Gasteiger partial charge in [0.2, 0.25) is 0 Å². The number of carboxylic acid groups (broad SMARTS) is 1. The highest BCUT2D eigenvalue weighted by Gasteiger charge is 2.26. The molecule has 1 fully saturated rings. The average molecular weight is 207 g/mol. The van der Waals surface area contributed by atoms with Gasteiger partial charge in [-0.25, -0.2) is 0 Å². The van der Waals surface area contributed by atoms with Crippen LogP contribution in [0, 0.1) is 17.2 Å². The van der Waals surface area contributed by atoms with E-state index in [1.54, 1.807) is 0 Å². The van der Waals surface area contributed by atoms with Crippen molar-refractivity contribution in [3.05, 3.63) is 0 Å². The average Bonchev–Trinajstić information content (AvgIpc) is 2.04. The van der Waals surface area contributed by atoms with Gasteiger partial charge in [-0.1, -0.05) is 0 Å². The van der Waals surface area contributed by atoms with E-state index in [-0.39, 0.29) is 30.1 Å². The van der Waals surface area contributed by atoms with Crippen molar-refractivity contribution in [2.75, 3.05) is 0 Å². The van der Waals surface area contributed by atoms with Gasteiger partial charge in [-0.15, -0.1) is 12.4 Å². The van der Waals surface area contributed by atoms with E-state index in [1.807, 2.05) is 0 Å². The van der Waals surface area contributed by atoms with Gasteiger partial charge in [-0.05, 0) is 25.7 Å². The fraction of sp³-hybridized carbons (Fsp3) is 0.750. The summed E-state index contributed by atoms with van der Waals surface area (Å²) in [5.74, 6) is -0.586. The number of hydrogen-bond donors (Lipinski definition) is 3. The van der Waals surface area contributed by atoms with E-state index < -0.39 is 5.97 Å². The molecule has 0 aromatic rings. The molecular formula is C8H15ClN2O2. The van der Waals surface area contributed by atoms with Crippen molar-refractivity contribution < 1.29 is 9.90 Å². The van der Waals surface area contributed by atoms with Crippen molar-refractivity contribution in [1.82, 2.24) is 0 Å². The van der Waals surface area contributed by atoms with Crippen LogP contribution in [-0.2, 0) is 4.79 Å². The van der Waals surface area contributed by atoms with Crippen molar-refractivity contribution in [3.8, 4) is 0 Å². The number of aliphatic carboxylic acids is 1. The summed E-state index contributed by atoms with van der Waals surface area (Å²) in [4.78, 5) is 10.5. The summed E-state index contributed by atoms with van der Waals surface area (Å²) < 4.78 is 0. The lowest BCUT2D eigenvalue weighted by atomic mass is 9.81. The van der Waals surface area contributed by atoms with E-state index in [1.165, 1.54) is 0 Å². The van der Waals surface area contributed by atoms with E-state index in [9.17, 15) is 4.79 Å². The summed E-state index contributed by atoms with van der Waals surface area (Å²) in [6, 6.07) is 0. The second-order valence-electron chi connectivity index (χ2n) is 3.34. The van der Waals surface area contributed by atoms with Crippen LogP contribution in [0.4, 0.5) is 0 Å². The van der Waals surface area contributed by atoms with Crippen molar-refractivity contribution in [3.63, 3.8) is 0 Å². The van der Waals surface area contributed by atoms with Gasteiger partial charge in [-0.2, -0.15) is 0 Å². The van der Waals surface area contributed by atoms with Gasteiger partial charge < -0.3 is 10.8 Å². The predicted molar refractivity (Wildman–Crippen MR) is 52.2 cm³/mol. The SMILES string of the molecule is Cl.N=C(N)C1CCC(C(=O)O)CC1. The topological polar surface area (TPSA) is 87.2 Å². The first kappa shape index (κ1) is 12.2. The van der Waals surface area contributed by atoms with Crippen LogP contribution in [0.25, 0.3) is 0 Å². The van der Waals surface area contributed by atoms with Crippen LogP contribution in [0.2, 0.25) is 0 Å². The van der Waals surface area contributed by atoms with Gasteiger partial charge in [0.05, 0.1) is 11.8 Å². The first-order valence-electron chi connectivity index (χ1n) is 4.18. The summed E-state index contributed by atoms with van der Waals surface area (Å²) in [6.45, 7) is 0. The van der Waals surface area contributed by atoms with Gasteiger partial charge in [0.15, 0.2) is 0 Å². The Bertz CT molecular complexity index is 178. The Morgan fingerprint density at radius 1 is 1.23 bits per heavy atom. The summed E-state index contributed by atoms with van der Waals surface area (Å²) in [5, 5.41) is 15.9. The number of carbonyl (C=O) groups is 1. The molecule has 0 aliphatic heterocycles. The molecule has 0 atom stereocenters. The van der Waals surface area contributed by atoms with Gasteiger partial charge in [-0.3, -0.25) is 10.2 Å². The highest BCUT2D eigenvalue weighted by atomic mass is 35.5. The second kappa shape index (κ2) is 5.07. The maximum atomic E-state index is 10.5. The Kier molecular flexibility index (Phi) is 4.77. The molecule has 1 aliphatic rings. The van der Waals surface area contributed by atoms with E-state index in [0.717, 1.165) is 12.8 Å². The minimum Gasteiger partial charge on any atom is -0.481 e. The number of carboxylic acids is 1. The Labute approximate surface area is 83.4 Å². The largest absolute Gasteiger partial charge is 0.481 e. The molecule has 0 spiro atoms. The summed E-state index contributed by atoms with van der Waals surface area (Å²) >= 11 is 0. The van der Waals surface area contributed by atoms with Gasteiger partial charge in [0.25, 0.3) is 0 Å². The highest BCUT2D eigenvalue weighted by Crippen LogP contribution is 2.28. The smallest absolute Gasteiger partial charge is 0.306 e. The zero-order chi connectivity index (χ0) is 9.14. The molecule has 1 rings (SSSR count). The summed E-state index contributed by atoms with van der Waals surface area (Å²) in [7, 11) is 0. The van der Waals surface area contributed by atoms with Crippen molar-refractivity contribution in [1.29, 1.82) is 5.41 Å². The van der Waals surface area contributed by atoms with Crippen LogP contribution in [0.3, 0.4) is 0 Å². The van der Waals surface area contributed by atoms with Crippen LogP contribution >= 0.6 is 12.4 Å². The second-order valence-corrected chi connectivity index (χ2v) is 3.34. The zero-order valence-electron chi connectivity index (χ0n) is 7.32. The lowest BCUT2D eigenvalue weighted by Gasteiger charge is -2.24. The number of nitrogens with one attached hydrogen (secondary N) is 1. The number of nitrogens with two attached hydrogens (primary N) is 1. The normalized spacial score (nSPS) is 27.4. The van der Waals surface area contributed by atoms with Crippen molar-refractivity contribution in [2.24, 2.45) is 17.6 Å². The molecule has 0 aromatic carbocycles. The van der Waals surface area contributed by atoms with E-state index in [0.29, 0.717) is 12.8 Å². The van der Waals surface area contributed by atoms with E-state index in [2.05, 4.69) is 0 Å². The van der Waals surface area contributed by atoms with Gasteiger partial charge >= 0.3 is 5.97 Å². The standard InChI is InChI=1S/C8H14N2O2.ClH/c9-7(10)5-1-3-6(4-2-5)8(11)12;/h5-6H,1-4H2,(H3,9,10)(H,11,12);1H. The minimum atomic E-state index is -0.711. The zero-order valence-corrected chi connectivity index (χ0v) is 8.14. The first-order chi connectivity index (χ1) is 5.61. The number of amidine groups is 1. The van der Waals surface area contributed by atoms with Crippen LogP contribution in [-0.4, -0.2) is 16.9 Å². The highest BCUT2D eigenvalue weighted by molar-refractivity contribution is 5.85. The van der Waals surface area contributed by atoms with Crippen LogP contribution in [0.1, 0.15) is 25.7 Å². The Morgan fingerprint density at radius 2 is 1.62 bits per heavy atom. The molecule has 0 heterocycles. The summed E-state index contributed by atoms with van der Waals surface area (Å²) in [6.07, 6.45) is 2.84. The third-order valence-corrected chi connectivity index (χ3v) is 2.52. The summed E-state index contributed by atoms with van der Waals surface area (Å²) in [5.41, 5.74) is 5.32. The fourth-order valence-electron chi connectivity index (χ4n) is 1.65. The van der Waals surface area contributed by atoms with Gasteiger partial charge in [0.1, 0.15) is 0 Å². The molecule has 0 unspecified atom stereocenters. The van der Waals surface area contributed by atoms with Crippen molar-refractivity contribution >= 4 is 24.2 Å². The fourth-order valence-corrected chi connectivity index (χ4v) is 1.65. The minimum absolute atomic E-state index is 0. The van der Waals surface area contributed by atoms with Crippen LogP contribution < -0.4 is 5.73 Å². The molecule has 1 saturated carbocycles. The number of rotatable bonds is 2. The third kappa shape index (κ3) is 3.22. The Morgan fingerprint density at radius 3 is 1.92 bits per heavy atom. The van der Waals surface area contributed by atoms with E-state index in [4.69, 9.17) is 16.2 Å². The number of halogens is 1. The van der Waals surface area contributed by atoms with Gasteiger partial charge in [0, 0.05) is 5.92 Å². The van der Waals surface area contributed by atoms with Crippen LogP contribution in [0.15, 0.2) is 0 Å². The maximum absolute atomic E-state index is 10.5. The third-order valence-electron chi connectivity index (χ3n) is 2.52. The molecule has 76 valence electrons. The van der Waals surface area contributed by atoms with E-state index >= 15 is 0 Å². The molecule has 4 N–H and O–H groups in total. The molecular weight excluding hydrogens is 192 g/mol. The lowest BCUT2D eigenvalue weighted by molar-refractivity contribution is -0.142. The van der Waals surface area contributed by atoms with Crippen LogP contribution in [0.5, 0.6) is 0 Å². The monoisotopic (exact) mass is 206 g/mol. The molecule has 0 bridgehead atoms. The Balaban J connectivity index is 0.00000144. The molecule has 0 saturated heterocycles. The predicted octanol–water partition coefficient (Wildman–Crippen LogP) is 1.24. The molecule has 4 nitrogen and oxygen atoms in total. The molecule has 0 amide bonds. The maximum Gasteiger partial charge on any atom is 0.306 e. The molecule has 0 radical (unpaired) electrons. The Hall–Kier alpha value is -0.770. The molecule has 5 heteroatoms. The molecule has 1 aliphatic carbocycles. The quantitative estimate of drug-likeness (QED) is 0.469. The lowest BCUT2D eigenvalue weighted by Crippen LogP contribution is -2.29. The first-order valence-corrected chi connectivity index (χ1v) is 4.18. The number of hydrogen-bond acceptors (Lipinski definition) is 2. The molecule has 0 aromatic heterocycles. The molecule has 13 heavy (non-hydrogen) atoms.